The number of hydrogen-bond acceptors (Lipinski definition) is 4. The second kappa shape index (κ2) is 6.93. The van der Waals surface area contributed by atoms with Gasteiger partial charge in [0.1, 0.15) is 6.10 Å². The van der Waals surface area contributed by atoms with E-state index >= 15 is 0 Å². The molecule has 0 aliphatic heterocycles. The molecule has 0 saturated heterocycles. The van der Waals surface area contributed by atoms with Crippen LogP contribution in [0.5, 0.6) is 0 Å². The van der Waals surface area contributed by atoms with E-state index in [1.807, 2.05) is 5.32 Å². The Bertz CT molecular complexity index is 774. The van der Waals surface area contributed by atoms with Gasteiger partial charge in [-0.05, 0) is 5.56 Å². The van der Waals surface area contributed by atoms with Crippen molar-refractivity contribution < 1.29 is 33.0 Å². The zero-order valence-corrected chi connectivity index (χ0v) is 12.9. The molecule has 0 radical (unpaired) electrons. The molecule has 2 unspecified atom stereocenters. The largest absolute Gasteiger partial charge is 0.480 e. The van der Waals surface area contributed by atoms with Crippen LogP contribution >= 0.6 is 0 Å². The molecule has 2 rings (SSSR count). The average Bonchev–Trinajstić information content (AvgIpc) is 2.94. The van der Waals surface area contributed by atoms with E-state index in [0.29, 0.717) is 0 Å². The number of nitrogens with zero attached hydrogens (tertiary/aromatic N) is 2. The van der Waals surface area contributed by atoms with Crippen molar-refractivity contribution in [1.82, 2.24) is 15.1 Å². The molecule has 7 nitrogen and oxygen atoms in total. The van der Waals surface area contributed by atoms with Crippen molar-refractivity contribution in [2.45, 2.75) is 18.3 Å². The zero-order valence-electron chi connectivity index (χ0n) is 12.9. The molecular formula is C15H14F3N3O4. The van der Waals surface area contributed by atoms with E-state index in [0.717, 1.165) is 10.9 Å². The number of aliphatic hydroxyl groups is 1. The van der Waals surface area contributed by atoms with Gasteiger partial charge in [0.15, 0.2) is 11.7 Å². The van der Waals surface area contributed by atoms with E-state index in [1.54, 1.807) is 18.2 Å². The number of alkyl halides is 3. The van der Waals surface area contributed by atoms with Gasteiger partial charge in [-0.25, -0.2) is 4.79 Å². The molecule has 1 aromatic heterocycles. The predicted molar refractivity (Wildman–Crippen MR) is 78.5 cm³/mol. The van der Waals surface area contributed by atoms with Crippen LogP contribution in [0.2, 0.25) is 0 Å². The van der Waals surface area contributed by atoms with E-state index < -0.39 is 41.5 Å². The lowest BCUT2D eigenvalue weighted by Crippen LogP contribution is -2.45. The summed E-state index contributed by atoms with van der Waals surface area (Å²) in [7, 11) is 1.19. The second-order valence-corrected chi connectivity index (χ2v) is 5.21. The number of hydrogen-bond donors (Lipinski definition) is 3. The van der Waals surface area contributed by atoms with Gasteiger partial charge in [-0.15, -0.1) is 0 Å². The van der Waals surface area contributed by atoms with Gasteiger partial charge in [0.05, 0.1) is 5.56 Å². The minimum absolute atomic E-state index is 0.192. The fraction of sp³-hybridized carbons (Fsp3) is 0.267. The van der Waals surface area contributed by atoms with Crippen molar-refractivity contribution in [3.05, 3.63) is 53.3 Å². The Morgan fingerprint density at radius 2 is 1.84 bits per heavy atom. The smallest absolute Gasteiger partial charge is 0.435 e. The van der Waals surface area contributed by atoms with Crippen LogP contribution in [0.3, 0.4) is 0 Å². The predicted octanol–water partition coefficient (Wildman–Crippen LogP) is 1.36. The Balaban J connectivity index is 2.29. The van der Waals surface area contributed by atoms with Gasteiger partial charge < -0.3 is 15.5 Å². The van der Waals surface area contributed by atoms with E-state index in [2.05, 4.69) is 5.10 Å². The van der Waals surface area contributed by atoms with Crippen molar-refractivity contribution in [3.63, 3.8) is 0 Å². The number of carboxylic acids is 1. The Morgan fingerprint density at radius 1 is 1.24 bits per heavy atom. The Morgan fingerprint density at radius 3 is 2.36 bits per heavy atom. The molecule has 0 fully saturated rings. The summed E-state index contributed by atoms with van der Waals surface area (Å²) in [6.45, 7) is 0. The summed E-state index contributed by atoms with van der Waals surface area (Å²) in [5.74, 6) is -2.90. The lowest BCUT2D eigenvalue weighted by atomic mass is 10.0. The van der Waals surface area contributed by atoms with E-state index in [-0.39, 0.29) is 5.56 Å². The van der Waals surface area contributed by atoms with Crippen molar-refractivity contribution >= 4 is 11.9 Å². The minimum Gasteiger partial charge on any atom is -0.480 e. The summed E-state index contributed by atoms with van der Waals surface area (Å²) in [6.07, 6.45) is -5.70. The molecule has 2 aromatic rings. The molecular weight excluding hydrogens is 343 g/mol. The summed E-state index contributed by atoms with van der Waals surface area (Å²) in [5, 5.41) is 24.5. The molecule has 0 aliphatic carbocycles. The van der Waals surface area contributed by atoms with Crippen molar-refractivity contribution in [2.24, 2.45) is 7.05 Å². The first kappa shape index (κ1) is 18.5. The maximum atomic E-state index is 12.9. The third kappa shape index (κ3) is 4.15. The summed E-state index contributed by atoms with van der Waals surface area (Å²) in [5.41, 5.74) is -2.08. The molecule has 1 heterocycles. The summed E-state index contributed by atoms with van der Waals surface area (Å²) in [6, 6.07) is 5.74. The van der Waals surface area contributed by atoms with Crippen LogP contribution in [0.1, 0.15) is 27.7 Å². The van der Waals surface area contributed by atoms with Crippen LogP contribution in [-0.4, -0.2) is 37.9 Å². The van der Waals surface area contributed by atoms with Crippen molar-refractivity contribution in [2.75, 3.05) is 0 Å². The van der Waals surface area contributed by atoms with E-state index in [1.165, 1.54) is 19.2 Å². The second-order valence-electron chi connectivity index (χ2n) is 5.21. The summed E-state index contributed by atoms with van der Waals surface area (Å²) < 4.78 is 39.6. The number of rotatable bonds is 5. The third-order valence-corrected chi connectivity index (χ3v) is 3.35. The van der Waals surface area contributed by atoms with Gasteiger partial charge in [-0.1, -0.05) is 30.3 Å². The van der Waals surface area contributed by atoms with Crippen LogP contribution in [-0.2, 0) is 18.0 Å². The maximum Gasteiger partial charge on any atom is 0.435 e. The molecule has 3 N–H and O–H groups in total. The van der Waals surface area contributed by atoms with Crippen LogP contribution in [0.25, 0.3) is 0 Å². The summed E-state index contributed by atoms with van der Waals surface area (Å²) >= 11 is 0. The molecule has 25 heavy (non-hydrogen) atoms. The topological polar surface area (TPSA) is 104 Å². The van der Waals surface area contributed by atoms with Gasteiger partial charge in [-0.3, -0.25) is 9.48 Å². The number of halogens is 3. The molecule has 0 aliphatic rings. The highest BCUT2D eigenvalue weighted by molar-refractivity contribution is 5.97. The van der Waals surface area contributed by atoms with Gasteiger partial charge in [0.2, 0.25) is 0 Å². The molecule has 0 spiro atoms. The molecule has 0 saturated carbocycles. The van der Waals surface area contributed by atoms with Crippen LogP contribution < -0.4 is 5.32 Å². The lowest BCUT2D eigenvalue weighted by molar-refractivity contribution is -0.142. The molecule has 0 bridgehead atoms. The van der Waals surface area contributed by atoms with Crippen LogP contribution in [0, 0.1) is 0 Å². The third-order valence-electron chi connectivity index (χ3n) is 3.35. The highest BCUT2D eigenvalue weighted by atomic mass is 19.4. The molecule has 1 aromatic carbocycles. The van der Waals surface area contributed by atoms with Gasteiger partial charge in [0, 0.05) is 13.2 Å². The molecule has 134 valence electrons. The number of amides is 1. The molecule has 1 amide bonds. The van der Waals surface area contributed by atoms with Gasteiger partial charge in [-0.2, -0.15) is 18.3 Å². The zero-order chi connectivity index (χ0) is 18.8. The molecule has 2 atom stereocenters. The summed E-state index contributed by atoms with van der Waals surface area (Å²) in [4.78, 5) is 23.5. The van der Waals surface area contributed by atoms with E-state index in [9.17, 15) is 33.0 Å². The Labute approximate surface area is 139 Å². The number of nitrogens with one attached hydrogen (secondary N) is 1. The monoisotopic (exact) mass is 357 g/mol. The van der Waals surface area contributed by atoms with E-state index in [4.69, 9.17) is 0 Å². The van der Waals surface area contributed by atoms with Crippen molar-refractivity contribution in [3.8, 4) is 0 Å². The number of aliphatic hydroxyl groups excluding tert-OH is 1. The van der Waals surface area contributed by atoms with Gasteiger partial charge in [0.25, 0.3) is 5.91 Å². The highest BCUT2D eigenvalue weighted by Crippen LogP contribution is 2.30. The number of carboxylic acid groups (broad SMARTS) is 1. The maximum absolute atomic E-state index is 12.9. The average molecular weight is 357 g/mol. The first-order chi connectivity index (χ1) is 11.6. The first-order valence-electron chi connectivity index (χ1n) is 6.98. The first-order valence-corrected chi connectivity index (χ1v) is 6.98. The normalized spacial score (nSPS) is 14.0. The van der Waals surface area contributed by atoms with Crippen molar-refractivity contribution in [1.29, 1.82) is 0 Å². The van der Waals surface area contributed by atoms with Crippen LogP contribution in [0.15, 0.2) is 36.5 Å². The number of aryl methyl sites for hydroxylation is 1. The minimum atomic E-state index is -4.88. The Kier molecular flexibility index (Phi) is 5.12. The molecule has 10 heteroatoms. The quantitative estimate of drug-likeness (QED) is 0.749. The number of carbonyl (C=O) groups is 2. The number of aromatic nitrogens is 2. The fourth-order valence-electron chi connectivity index (χ4n) is 2.20. The van der Waals surface area contributed by atoms with Gasteiger partial charge >= 0.3 is 12.1 Å². The number of benzene rings is 1. The standard InChI is InChI=1S/C15H14F3N3O4/c1-21-7-9(12(20-21)15(16,17)18)13(23)19-10(14(24)25)11(22)8-5-3-2-4-6-8/h2-7,10-11,22H,1H3,(H,19,23)(H,24,25). The SMILES string of the molecule is Cn1cc(C(=O)NC(C(=O)O)C(O)c2ccccc2)c(C(F)(F)F)n1. The fourth-order valence-corrected chi connectivity index (χ4v) is 2.20. The highest BCUT2D eigenvalue weighted by Gasteiger charge is 2.40. The Hall–Kier alpha value is -2.88. The lowest BCUT2D eigenvalue weighted by Gasteiger charge is -2.20. The van der Waals surface area contributed by atoms with Crippen LogP contribution in [0.4, 0.5) is 13.2 Å². The number of carbonyl (C=O) groups excluding carboxylic acids is 1. The number of aliphatic carboxylic acids is 1.